The van der Waals surface area contributed by atoms with E-state index in [9.17, 15) is 18.0 Å². The zero-order valence-electron chi connectivity index (χ0n) is 15.8. The molecule has 0 bridgehead atoms. The van der Waals surface area contributed by atoms with Crippen molar-refractivity contribution in [3.8, 4) is 0 Å². The maximum absolute atomic E-state index is 12.9. The predicted molar refractivity (Wildman–Crippen MR) is 105 cm³/mol. The Labute approximate surface area is 164 Å². The Morgan fingerprint density at radius 2 is 1.25 bits per heavy atom. The molecule has 2 rings (SSSR count). The van der Waals surface area contributed by atoms with Crippen molar-refractivity contribution in [1.82, 2.24) is 0 Å². The van der Waals surface area contributed by atoms with E-state index in [-0.39, 0.29) is 23.7 Å². The summed E-state index contributed by atoms with van der Waals surface area (Å²) in [5.74, 6) is -2.38. The third kappa shape index (κ3) is 5.29. The molecule has 0 saturated carbocycles. The second-order valence-corrected chi connectivity index (χ2v) is 7.72. The summed E-state index contributed by atoms with van der Waals surface area (Å²) in [5, 5.41) is 0. The van der Waals surface area contributed by atoms with E-state index in [0.29, 0.717) is 5.56 Å². The number of hydrogen-bond donors (Lipinski definition) is 0. The predicted octanol–water partition coefficient (Wildman–Crippen LogP) is 3.04. The standard InChI is InChI=1S/C21H22O6S/c1-3-26-20(22)19(21(23)27-4-2)18(16-11-7-5-8-12-16)15-28(24,25)17-13-9-6-10-14-17/h5-14H,3-4,15H2,1-2H3. The second-order valence-electron chi connectivity index (χ2n) is 5.73. The van der Waals surface area contributed by atoms with E-state index >= 15 is 0 Å². The van der Waals surface area contributed by atoms with Gasteiger partial charge in [-0.3, -0.25) is 0 Å². The van der Waals surface area contributed by atoms with Gasteiger partial charge in [-0.1, -0.05) is 48.5 Å². The SMILES string of the molecule is CCOC(=O)C(C(=O)OCC)=C(CS(=O)(=O)c1ccccc1)c1ccccc1. The summed E-state index contributed by atoms with van der Waals surface area (Å²) in [6, 6.07) is 16.3. The van der Waals surface area contributed by atoms with Crippen LogP contribution in [0.2, 0.25) is 0 Å². The van der Waals surface area contributed by atoms with E-state index in [2.05, 4.69) is 0 Å². The van der Waals surface area contributed by atoms with Crippen LogP contribution in [0.3, 0.4) is 0 Å². The van der Waals surface area contributed by atoms with E-state index in [0.717, 1.165) is 0 Å². The summed E-state index contributed by atoms with van der Waals surface area (Å²) >= 11 is 0. The molecule has 0 amide bonds. The number of carbonyl (C=O) groups is 2. The molecule has 0 heterocycles. The van der Waals surface area contributed by atoms with E-state index in [4.69, 9.17) is 9.47 Å². The first-order valence-corrected chi connectivity index (χ1v) is 10.5. The molecule has 0 fully saturated rings. The summed E-state index contributed by atoms with van der Waals surface area (Å²) in [6.07, 6.45) is 0. The van der Waals surface area contributed by atoms with Crippen LogP contribution in [0.4, 0.5) is 0 Å². The van der Waals surface area contributed by atoms with E-state index in [1.54, 1.807) is 62.4 Å². The van der Waals surface area contributed by atoms with Crippen LogP contribution in [0.5, 0.6) is 0 Å². The lowest BCUT2D eigenvalue weighted by molar-refractivity contribution is -0.146. The van der Waals surface area contributed by atoms with Gasteiger partial charge in [-0.2, -0.15) is 0 Å². The number of rotatable bonds is 8. The van der Waals surface area contributed by atoms with Crippen molar-refractivity contribution >= 4 is 27.3 Å². The van der Waals surface area contributed by atoms with Crippen LogP contribution in [0.1, 0.15) is 19.4 Å². The molecule has 28 heavy (non-hydrogen) atoms. The van der Waals surface area contributed by atoms with Gasteiger partial charge in [-0.05, 0) is 37.1 Å². The molecule has 0 aliphatic heterocycles. The van der Waals surface area contributed by atoms with Gasteiger partial charge >= 0.3 is 11.9 Å². The minimum absolute atomic E-state index is 0.0369. The number of ether oxygens (including phenoxy) is 2. The van der Waals surface area contributed by atoms with Gasteiger partial charge in [-0.15, -0.1) is 0 Å². The number of hydrogen-bond acceptors (Lipinski definition) is 6. The Kier molecular flexibility index (Phi) is 7.52. The Morgan fingerprint density at radius 3 is 1.71 bits per heavy atom. The fourth-order valence-electron chi connectivity index (χ4n) is 2.58. The van der Waals surface area contributed by atoms with Crippen LogP contribution in [0.25, 0.3) is 5.57 Å². The molecule has 0 aliphatic rings. The molecule has 0 radical (unpaired) electrons. The van der Waals surface area contributed by atoms with E-state index in [1.165, 1.54) is 12.1 Å². The minimum atomic E-state index is -3.82. The molecule has 0 atom stereocenters. The molecule has 2 aromatic carbocycles. The lowest BCUT2D eigenvalue weighted by Gasteiger charge is -2.15. The molecule has 0 aromatic heterocycles. The first kappa shape index (κ1) is 21.4. The highest BCUT2D eigenvalue weighted by atomic mass is 32.2. The fraction of sp³-hybridized carbons (Fsp3) is 0.238. The zero-order valence-corrected chi connectivity index (χ0v) is 16.6. The number of sulfone groups is 1. The normalized spacial score (nSPS) is 10.8. The molecule has 0 N–H and O–H groups in total. The highest BCUT2D eigenvalue weighted by Crippen LogP contribution is 2.26. The Bertz CT molecular complexity index is 927. The smallest absolute Gasteiger partial charge is 0.345 e. The second kappa shape index (κ2) is 9.85. The summed E-state index contributed by atoms with van der Waals surface area (Å²) in [4.78, 5) is 25.1. The fourth-order valence-corrected chi connectivity index (χ4v) is 4.01. The van der Waals surface area contributed by atoms with Crippen molar-refractivity contribution in [3.05, 3.63) is 71.8 Å². The van der Waals surface area contributed by atoms with Crippen LogP contribution in [0.15, 0.2) is 71.1 Å². The van der Waals surface area contributed by atoms with Gasteiger partial charge in [0, 0.05) is 0 Å². The molecule has 148 valence electrons. The maximum Gasteiger partial charge on any atom is 0.345 e. The zero-order chi connectivity index (χ0) is 20.6. The molecule has 2 aromatic rings. The third-order valence-electron chi connectivity index (χ3n) is 3.82. The molecule has 0 unspecified atom stereocenters. The first-order chi connectivity index (χ1) is 13.4. The molecule has 7 heteroatoms. The molecule has 0 spiro atoms. The number of carbonyl (C=O) groups excluding carboxylic acids is 2. The monoisotopic (exact) mass is 402 g/mol. The largest absolute Gasteiger partial charge is 0.462 e. The average Bonchev–Trinajstić information content (AvgIpc) is 2.69. The molecular weight excluding hydrogens is 380 g/mol. The van der Waals surface area contributed by atoms with Crippen LogP contribution in [-0.2, 0) is 28.9 Å². The Balaban J connectivity index is 2.67. The van der Waals surface area contributed by atoms with Crippen LogP contribution >= 0.6 is 0 Å². The quantitative estimate of drug-likeness (QED) is 0.292. The van der Waals surface area contributed by atoms with Gasteiger partial charge in [0.25, 0.3) is 0 Å². The summed E-state index contributed by atoms with van der Waals surface area (Å²) in [6.45, 7) is 3.28. The van der Waals surface area contributed by atoms with Crippen molar-refractivity contribution in [2.45, 2.75) is 18.7 Å². The van der Waals surface area contributed by atoms with Gasteiger partial charge in [0.15, 0.2) is 9.84 Å². The van der Waals surface area contributed by atoms with Gasteiger partial charge in [0.2, 0.25) is 0 Å². The minimum Gasteiger partial charge on any atom is -0.462 e. The summed E-state index contributed by atoms with van der Waals surface area (Å²) in [7, 11) is -3.82. The molecule has 0 saturated heterocycles. The molecule has 6 nitrogen and oxygen atoms in total. The molecular formula is C21H22O6S. The van der Waals surface area contributed by atoms with Gasteiger partial charge in [0.1, 0.15) is 5.57 Å². The van der Waals surface area contributed by atoms with Crippen molar-refractivity contribution in [3.63, 3.8) is 0 Å². The first-order valence-electron chi connectivity index (χ1n) is 8.81. The van der Waals surface area contributed by atoms with Crippen LogP contribution < -0.4 is 0 Å². The van der Waals surface area contributed by atoms with Crippen LogP contribution in [-0.4, -0.2) is 39.3 Å². The van der Waals surface area contributed by atoms with Crippen molar-refractivity contribution in [2.75, 3.05) is 19.0 Å². The summed E-state index contributed by atoms with van der Waals surface area (Å²) in [5.41, 5.74) is 0.0638. The lowest BCUT2D eigenvalue weighted by Crippen LogP contribution is -2.23. The van der Waals surface area contributed by atoms with Gasteiger partial charge < -0.3 is 9.47 Å². The van der Waals surface area contributed by atoms with Gasteiger partial charge in [0.05, 0.1) is 23.9 Å². The van der Waals surface area contributed by atoms with E-state index in [1.807, 2.05) is 0 Å². The number of benzene rings is 2. The highest BCUT2D eigenvalue weighted by Gasteiger charge is 2.30. The maximum atomic E-state index is 12.9. The summed E-state index contributed by atoms with van der Waals surface area (Å²) < 4.78 is 35.9. The van der Waals surface area contributed by atoms with Crippen molar-refractivity contribution in [1.29, 1.82) is 0 Å². The average molecular weight is 402 g/mol. The number of esters is 2. The van der Waals surface area contributed by atoms with Crippen molar-refractivity contribution < 1.29 is 27.5 Å². The van der Waals surface area contributed by atoms with Crippen molar-refractivity contribution in [2.24, 2.45) is 0 Å². The Hall–Kier alpha value is -2.93. The van der Waals surface area contributed by atoms with Crippen LogP contribution in [0, 0.1) is 0 Å². The van der Waals surface area contributed by atoms with E-state index < -0.39 is 33.1 Å². The third-order valence-corrected chi connectivity index (χ3v) is 5.48. The topological polar surface area (TPSA) is 86.7 Å². The highest BCUT2D eigenvalue weighted by molar-refractivity contribution is 7.91. The lowest BCUT2D eigenvalue weighted by atomic mass is 10.0. The van der Waals surface area contributed by atoms with Gasteiger partial charge in [-0.25, -0.2) is 18.0 Å². The Morgan fingerprint density at radius 1 is 0.786 bits per heavy atom. The molecule has 0 aliphatic carbocycles.